The molecule has 2 aromatic rings. The highest BCUT2D eigenvalue weighted by Crippen LogP contribution is 2.18. The summed E-state index contributed by atoms with van der Waals surface area (Å²) in [5.41, 5.74) is 7.18. The fourth-order valence-electron chi connectivity index (χ4n) is 1.88. The molecule has 0 fully saturated rings. The largest absolute Gasteiger partial charge is 0.444 e. The van der Waals surface area contributed by atoms with E-state index in [9.17, 15) is 9.18 Å². The number of aromatic nitrogens is 1. The zero-order valence-electron chi connectivity index (χ0n) is 13.1. The highest BCUT2D eigenvalue weighted by Gasteiger charge is 2.16. The fourth-order valence-corrected chi connectivity index (χ4v) is 1.88. The number of rotatable bonds is 6. The molecule has 0 aliphatic heterocycles. The van der Waals surface area contributed by atoms with Gasteiger partial charge in [-0.25, -0.2) is 9.37 Å². The lowest BCUT2D eigenvalue weighted by Gasteiger charge is -2.14. The van der Waals surface area contributed by atoms with Crippen molar-refractivity contribution in [2.24, 2.45) is 11.7 Å². The van der Waals surface area contributed by atoms with E-state index in [1.165, 1.54) is 18.4 Å². The summed E-state index contributed by atoms with van der Waals surface area (Å²) in [5.74, 6) is 0.0503. The van der Waals surface area contributed by atoms with Crippen molar-refractivity contribution in [1.29, 1.82) is 0 Å². The van der Waals surface area contributed by atoms with Gasteiger partial charge in [-0.1, -0.05) is 13.8 Å². The summed E-state index contributed by atoms with van der Waals surface area (Å²) in [6, 6.07) is 5.41. The molecule has 1 amide bonds. The third-order valence-electron chi connectivity index (χ3n) is 3.34. The molecule has 2 rings (SSSR count). The lowest BCUT2D eigenvalue weighted by Crippen LogP contribution is -2.44. The molecular formula is C16H21ClFN3O2. The van der Waals surface area contributed by atoms with Gasteiger partial charge in [0.25, 0.3) is 0 Å². The maximum atomic E-state index is 12.9. The molecular weight excluding hydrogens is 321 g/mol. The first-order chi connectivity index (χ1) is 10.5. The Hall–Kier alpha value is -1.92. The number of halogens is 2. The molecule has 5 nitrogen and oxygen atoms in total. The van der Waals surface area contributed by atoms with Crippen molar-refractivity contribution >= 4 is 18.3 Å². The van der Waals surface area contributed by atoms with Crippen molar-refractivity contribution in [3.8, 4) is 11.5 Å². The summed E-state index contributed by atoms with van der Waals surface area (Å²) in [4.78, 5) is 16.0. The van der Waals surface area contributed by atoms with Crippen molar-refractivity contribution in [2.45, 2.75) is 26.3 Å². The molecule has 1 aromatic carbocycles. The molecule has 1 aromatic heterocycles. The monoisotopic (exact) mass is 341 g/mol. The van der Waals surface area contributed by atoms with E-state index in [1.54, 1.807) is 12.1 Å². The van der Waals surface area contributed by atoms with Crippen LogP contribution in [0.15, 0.2) is 34.9 Å². The maximum Gasteiger partial charge on any atom is 0.237 e. The van der Waals surface area contributed by atoms with E-state index in [1.807, 2.05) is 13.8 Å². The second kappa shape index (κ2) is 8.64. The molecule has 1 atom stereocenters. The number of hydrogen-bond donors (Lipinski definition) is 2. The standard InChI is InChI=1S/C16H20FN3O2.ClH/c1-10(2)14(18)15(21)19-8-7-13-9-22-16(20-13)11-3-5-12(17)6-4-11;/h3-6,9-10,14H,7-8,18H2,1-2H3,(H,19,21);1H/t14-;/m0./s1. The van der Waals surface area contributed by atoms with E-state index >= 15 is 0 Å². The Bertz CT molecular complexity index is 629. The van der Waals surface area contributed by atoms with E-state index in [0.29, 0.717) is 24.4 Å². The van der Waals surface area contributed by atoms with Crippen LogP contribution in [-0.4, -0.2) is 23.5 Å². The SMILES string of the molecule is CC(C)[C@H](N)C(=O)NCCc1coc(-c2ccc(F)cc2)n1.Cl. The molecule has 0 radical (unpaired) electrons. The minimum absolute atomic E-state index is 0. The van der Waals surface area contributed by atoms with Gasteiger partial charge in [0, 0.05) is 18.5 Å². The Kier molecular flexibility index (Phi) is 7.19. The quantitative estimate of drug-likeness (QED) is 0.846. The van der Waals surface area contributed by atoms with Gasteiger partial charge >= 0.3 is 0 Å². The Morgan fingerprint density at radius 1 is 1.35 bits per heavy atom. The fraction of sp³-hybridized carbons (Fsp3) is 0.375. The first-order valence-corrected chi connectivity index (χ1v) is 7.21. The van der Waals surface area contributed by atoms with Crippen LogP contribution in [0.5, 0.6) is 0 Å². The summed E-state index contributed by atoms with van der Waals surface area (Å²) in [6.45, 7) is 4.24. The molecule has 3 N–H and O–H groups in total. The summed E-state index contributed by atoms with van der Waals surface area (Å²) in [6.07, 6.45) is 2.08. The number of benzene rings is 1. The molecule has 23 heavy (non-hydrogen) atoms. The van der Waals surface area contributed by atoms with Crippen LogP contribution in [0, 0.1) is 11.7 Å². The van der Waals surface area contributed by atoms with Crippen LogP contribution < -0.4 is 11.1 Å². The number of oxazole rings is 1. The predicted molar refractivity (Wildman–Crippen MR) is 88.7 cm³/mol. The van der Waals surface area contributed by atoms with E-state index < -0.39 is 6.04 Å². The van der Waals surface area contributed by atoms with Gasteiger partial charge in [0.05, 0.1) is 11.7 Å². The average molecular weight is 342 g/mol. The highest BCUT2D eigenvalue weighted by atomic mass is 35.5. The number of amides is 1. The van der Waals surface area contributed by atoms with Gasteiger partial charge in [0.1, 0.15) is 12.1 Å². The molecule has 0 aliphatic carbocycles. The number of carbonyl (C=O) groups excluding carboxylic acids is 1. The molecule has 0 bridgehead atoms. The van der Waals surface area contributed by atoms with Gasteiger partial charge < -0.3 is 15.5 Å². The van der Waals surface area contributed by atoms with Gasteiger partial charge in [0.15, 0.2) is 0 Å². The summed E-state index contributed by atoms with van der Waals surface area (Å²) in [5, 5.41) is 2.77. The molecule has 126 valence electrons. The third kappa shape index (κ3) is 5.33. The topological polar surface area (TPSA) is 81.2 Å². The lowest BCUT2D eigenvalue weighted by molar-refractivity contribution is -0.123. The smallest absolute Gasteiger partial charge is 0.237 e. The van der Waals surface area contributed by atoms with Crippen LogP contribution in [0.3, 0.4) is 0 Å². The first kappa shape index (κ1) is 19.1. The van der Waals surface area contributed by atoms with Crippen LogP contribution in [0.2, 0.25) is 0 Å². The maximum absolute atomic E-state index is 12.9. The number of hydrogen-bond acceptors (Lipinski definition) is 4. The Labute approximate surface area is 140 Å². The second-order valence-electron chi connectivity index (χ2n) is 5.46. The molecule has 1 heterocycles. The Morgan fingerprint density at radius 3 is 2.61 bits per heavy atom. The lowest BCUT2D eigenvalue weighted by atomic mass is 10.1. The molecule has 0 saturated carbocycles. The van der Waals surface area contributed by atoms with Crippen LogP contribution in [0.4, 0.5) is 4.39 Å². The van der Waals surface area contributed by atoms with Crippen LogP contribution in [0.1, 0.15) is 19.5 Å². The average Bonchev–Trinajstić information content (AvgIpc) is 2.95. The van der Waals surface area contributed by atoms with Crippen LogP contribution in [-0.2, 0) is 11.2 Å². The molecule has 7 heteroatoms. The van der Waals surface area contributed by atoms with Crippen molar-refractivity contribution < 1.29 is 13.6 Å². The van der Waals surface area contributed by atoms with Crippen LogP contribution >= 0.6 is 12.4 Å². The van der Waals surface area contributed by atoms with E-state index in [-0.39, 0.29) is 30.0 Å². The predicted octanol–water partition coefficient (Wildman–Crippen LogP) is 2.54. The first-order valence-electron chi connectivity index (χ1n) is 7.21. The van der Waals surface area contributed by atoms with Crippen molar-refractivity contribution in [2.75, 3.05) is 6.54 Å². The molecule has 0 unspecified atom stereocenters. The second-order valence-corrected chi connectivity index (χ2v) is 5.46. The summed E-state index contributed by atoms with van der Waals surface area (Å²) < 4.78 is 18.2. The highest BCUT2D eigenvalue weighted by molar-refractivity contribution is 5.85. The number of nitrogens with two attached hydrogens (primary N) is 1. The van der Waals surface area contributed by atoms with E-state index in [2.05, 4.69) is 10.3 Å². The zero-order valence-corrected chi connectivity index (χ0v) is 13.9. The van der Waals surface area contributed by atoms with Crippen molar-refractivity contribution in [1.82, 2.24) is 10.3 Å². The summed E-state index contributed by atoms with van der Waals surface area (Å²) >= 11 is 0. The minimum atomic E-state index is -0.507. The summed E-state index contributed by atoms with van der Waals surface area (Å²) in [7, 11) is 0. The molecule has 0 spiro atoms. The number of carbonyl (C=O) groups is 1. The third-order valence-corrected chi connectivity index (χ3v) is 3.34. The number of nitrogens with one attached hydrogen (secondary N) is 1. The van der Waals surface area contributed by atoms with Crippen LogP contribution in [0.25, 0.3) is 11.5 Å². The van der Waals surface area contributed by atoms with Gasteiger partial charge in [-0.3, -0.25) is 4.79 Å². The minimum Gasteiger partial charge on any atom is -0.444 e. The van der Waals surface area contributed by atoms with Gasteiger partial charge in [0.2, 0.25) is 11.8 Å². The van der Waals surface area contributed by atoms with E-state index in [4.69, 9.17) is 10.2 Å². The van der Waals surface area contributed by atoms with Crippen molar-refractivity contribution in [3.63, 3.8) is 0 Å². The Morgan fingerprint density at radius 2 is 2.00 bits per heavy atom. The number of nitrogens with zero attached hydrogens (tertiary/aromatic N) is 1. The molecule has 0 aliphatic rings. The van der Waals surface area contributed by atoms with Gasteiger partial charge in [-0.2, -0.15) is 0 Å². The van der Waals surface area contributed by atoms with E-state index in [0.717, 1.165) is 5.69 Å². The van der Waals surface area contributed by atoms with Crippen molar-refractivity contribution in [3.05, 3.63) is 42.0 Å². The van der Waals surface area contributed by atoms with Gasteiger partial charge in [-0.05, 0) is 30.2 Å². The normalized spacial score (nSPS) is 11.9. The Balaban J connectivity index is 0.00000264. The molecule has 0 saturated heterocycles. The zero-order chi connectivity index (χ0) is 16.1. The van der Waals surface area contributed by atoms with Gasteiger partial charge in [-0.15, -0.1) is 12.4 Å².